The highest BCUT2D eigenvalue weighted by molar-refractivity contribution is 5.92. The predicted molar refractivity (Wildman–Crippen MR) is 93.3 cm³/mol. The third-order valence-corrected chi connectivity index (χ3v) is 5.48. The van der Waals surface area contributed by atoms with Crippen molar-refractivity contribution in [3.8, 4) is 0 Å². The normalized spacial score (nSPS) is 23.1. The highest BCUT2D eigenvalue weighted by atomic mass is 16.3. The van der Waals surface area contributed by atoms with Crippen molar-refractivity contribution in [2.24, 2.45) is 5.92 Å². The summed E-state index contributed by atoms with van der Waals surface area (Å²) in [5.74, 6) is 0.854. The first-order valence-electron chi connectivity index (χ1n) is 9.02. The van der Waals surface area contributed by atoms with Crippen molar-refractivity contribution in [3.63, 3.8) is 0 Å². The molecule has 2 aliphatic rings. The first kappa shape index (κ1) is 16.8. The molecule has 0 spiro atoms. The van der Waals surface area contributed by atoms with Crippen LogP contribution in [0, 0.1) is 5.92 Å². The van der Waals surface area contributed by atoms with Gasteiger partial charge in [0.2, 0.25) is 5.91 Å². The fourth-order valence-electron chi connectivity index (χ4n) is 3.74. The minimum atomic E-state index is -0.255. The monoisotopic (exact) mass is 354 g/mol. The molecule has 1 N–H and O–H groups in total. The number of rotatable bonds is 5. The van der Waals surface area contributed by atoms with Crippen LogP contribution in [0.1, 0.15) is 59.6 Å². The molecule has 0 aromatic carbocycles. The largest absolute Gasteiger partial charge is 0.448 e. The van der Waals surface area contributed by atoms with E-state index in [1.54, 1.807) is 24.3 Å². The number of aromatic nitrogens is 2. The average Bonchev–Trinajstić information content (AvgIpc) is 3.18. The second-order valence-electron chi connectivity index (χ2n) is 7.10. The number of amides is 2. The van der Waals surface area contributed by atoms with Gasteiger partial charge in [-0.05, 0) is 30.5 Å². The first-order valence-corrected chi connectivity index (χ1v) is 9.02. The highest BCUT2D eigenvalue weighted by Gasteiger charge is 2.38. The Bertz CT molecular complexity index is 800. The Morgan fingerprint density at radius 3 is 2.81 bits per heavy atom. The first-order chi connectivity index (χ1) is 12.6. The van der Waals surface area contributed by atoms with E-state index < -0.39 is 0 Å². The molecule has 2 amide bonds. The molecular weight excluding hydrogens is 332 g/mol. The molecule has 26 heavy (non-hydrogen) atoms. The molecule has 2 fully saturated rings. The van der Waals surface area contributed by atoms with E-state index in [1.165, 1.54) is 12.7 Å². The molecule has 1 aliphatic carbocycles. The maximum absolute atomic E-state index is 12.4. The van der Waals surface area contributed by atoms with Crippen LogP contribution in [-0.4, -0.2) is 40.3 Å². The van der Waals surface area contributed by atoms with Crippen LogP contribution in [0.2, 0.25) is 0 Å². The van der Waals surface area contributed by atoms with E-state index in [1.807, 2.05) is 12.1 Å². The Morgan fingerprint density at radius 1 is 1.35 bits per heavy atom. The number of oxazole rings is 1. The minimum Gasteiger partial charge on any atom is -0.448 e. The molecule has 2 aromatic rings. The van der Waals surface area contributed by atoms with E-state index in [9.17, 15) is 9.59 Å². The molecule has 7 heteroatoms. The van der Waals surface area contributed by atoms with Crippen LogP contribution in [0.4, 0.5) is 0 Å². The topological polar surface area (TPSA) is 88.3 Å². The van der Waals surface area contributed by atoms with Crippen LogP contribution >= 0.6 is 0 Å². The van der Waals surface area contributed by atoms with Gasteiger partial charge in [-0.1, -0.05) is 6.42 Å². The second kappa shape index (κ2) is 6.90. The number of nitrogens with one attached hydrogen (secondary N) is 1. The standard InChI is InChI=1S/C19H22N4O3/c1-23-16(24)9-14(17(23)12-5-7-20-8-6-12)10-21-18(25)15-11-26-19(22-15)13-3-2-4-13/h5-8,11,13-14,17H,2-4,9-10H2,1H3,(H,21,25)/t14-,17-/m0/s1. The Morgan fingerprint density at radius 2 is 2.12 bits per heavy atom. The summed E-state index contributed by atoms with van der Waals surface area (Å²) >= 11 is 0. The third-order valence-electron chi connectivity index (χ3n) is 5.48. The average molecular weight is 354 g/mol. The number of hydrogen-bond donors (Lipinski definition) is 1. The summed E-state index contributed by atoms with van der Waals surface area (Å²) in [4.78, 5) is 34.7. The van der Waals surface area contributed by atoms with Gasteiger partial charge in [-0.3, -0.25) is 14.6 Å². The molecule has 136 valence electrons. The molecule has 3 heterocycles. The molecule has 2 atom stereocenters. The van der Waals surface area contributed by atoms with Crippen molar-refractivity contribution >= 4 is 11.8 Å². The zero-order valence-corrected chi connectivity index (χ0v) is 14.7. The lowest BCUT2D eigenvalue weighted by molar-refractivity contribution is -0.127. The highest BCUT2D eigenvalue weighted by Crippen LogP contribution is 2.37. The summed E-state index contributed by atoms with van der Waals surface area (Å²) in [7, 11) is 1.80. The smallest absolute Gasteiger partial charge is 0.273 e. The van der Waals surface area contributed by atoms with Crippen LogP contribution in [0.5, 0.6) is 0 Å². The zero-order chi connectivity index (χ0) is 18.1. The molecule has 0 unspecified atom stereocenters. The quantitative estimate of drug-likeness (QED) is 0.890. The van der Waals surface area contributed by atoms with Crippen LogP contribution in [0.15, 0.2) is 35.2 Å². The fraction of sp³-hybridized carbons (Fsp3) is 0.474. The van der Waals surface area contributed by atoms with Crippen molar-refractivity contribution < 1.29 is 14.0 Å². The van der Waals surface area contributed by atoms with Crippen LogP contribution < -0.4 is 5.32 Å². The van der Waals surface area contributed by atoms with Gasteiger partial charge in [0, 0.05) is 44.2 Å². The number of pyridine rings is 1. The Hall–Kier alpha value is -2.70. The minimum absolute atomic E-state index is 0.0110. The molecule has 1 aliphatic heterocycles. The SMILES string of the molecule is CN1C(=O)C[C@@H](CNC(=O)c2coc(C3CCC3)n2)[C@@H]1c1ccncc1. The predicted octanol–water partition coefficient (Wildman–Crippen LogP) is 2.29. The molecule has 2 aromatic heterocycles. The number of carbonyl (C=O) groups excluding carboxylic acids is 2. The van der Waals surface area contributed by atoms with Gasteiger partial charge in [0.15, 0.2) is 11.6 Å². The summed E-state index contributed by atoms with van der Waals surface area (Å²) < 4.78 is 5.44. The number of hydrogen-bond acceptors (Lipinski definition) is 5. The van der Waals surface area contributed by atoms with Gasteiger partial charge in [0.25, 0.3) is 5.91 Å². The molecule has 1 saturated carbocycles. The molecule has 0 bridgehead atoms. The van der Waals surface area contributed by atoms with E-state index in [0.717, 1.165) is 18.4 Å². The number of likely N-dealkylation sites (tertiary alicyclic amines) is 1. The van der Waals surface area contributed by atoms with Crippen LogP contribution in [-0.2, 0) is 4.79 Å². The lowest BCUT2D eigenvalue weighted by Crippen LogP contribution is -2.32. The second-order valence-corrected chi connectivity index (χ2v) is 7.10. The number of carbonyl (C=O) groups is 2. The van der Waals surface area contributed by atoms with Crippen molar-refractivity contribution in [2.45, 2.75) is 37.6 Å². The summed E-state index contributed by atoms with van der Waals surface area (Å²) in [6.45, 7) is 0.410. The van der Waals surface area contributed by atoms with E-state index in [4.69, 9.17) is 4.42 Å². The van der Waals surface area contributed by atoms with E-state index in [0.29, 0.717) is 30.5 Å². The zero-order valence-electron chi connectivity index (χ0n) is 14.7. The van der Waals surface area contributed by atoms with Crippen LogP contribution in [0.25, 0.3) is 0 Å². The fourth-order valence-corrected chi connectivity index (χ4v) is 3.74. The molecule has 7 nitrogen and oxygen atoms in total. The van der Waals surface area contributed by atoms with Gasteiger partial charge in [-0.15, -0.1) is 0 Å². The van der Waals surface area contributed by atoms with Crippen molar-refractivity contribution in [1.82, 2.24) is 20.2 Å². The molecular formula is C19H22N4O3. The summed E-state index contributed by atoms with van der Waals surface area (Å²) in [6.07, 6.45) is 8.62. The Labute approximate surface area is 151 Å². The summed E-state index contributed by atoms with van der Waals surface area (Å²) in [6, 6.07) is 3.77. The third kappa shape index (κ3) is 3.09. The molecule has 0 radical (unpaired) electrons. The van der Waals surface area contributed by atoms with Crippen LogP contribution in [0.3, 0.4) is 0 Å². The van der Waals surface area contributed by atoms with E-state index >= 15 is 0 Å². The van der Waals surface area contributed by atoms with E-state index in [-0.39, 0.29) is 23.8 Å². The molecule has 1 saturated heterocycles. The van der Waals surface area contributed by atoms with Gasteiger partial charge >= 0.3 is 0 Å². The Kier molecular flexibility index (Phi) is 4.44. The summed E-state index contributed by atoms with van der Waals surface area (Å²) in [5, 5.41) is 2.91. The van der Waals surface area contributed by atoms with Crippen molar-refractivity contribution in [1.29, 1.82) is 0 Å². The van der Waals surface area contributed by atoms with Gasteiger partial charge < -0.3 is 14.6 Å². The lowest BCUT2D eigenvalue weighted by Gasteiger charge is -2.25. The van der Waals surface area contributed by atoms with Gasteiger partial charge in [-0.2, -0.15) is 0 Å². The van der Waals surface area contributed by atoms with Gasteiger partial charge in [0.1, 0.15) is 6.26 Å². The van der Waals surface area contributed by atoms with Gasteiger partial charge in [-0.25, -0.2) is 4.98 Å². The van der Waals surface area contributed by atoms with E-state index in [2.05, 4.69) is 15.3 Å². The summed E-state index contributed by atoms with van der Waals surface area (Å²) in [5.41, 5.74) is 1.34. The lowest BCUT2D eigenvalue weighted by atomic mass is 9.85. The number of nitrogens with zero attached hydrogens (tertiary/aromatic N) is 3. The Balaban J connectivity index is 1.41. The van der Waals surface area contributed by atoms with Crippen molar-refractivity contribution in [2.75, 3.05) is 13.6 Å². The van der Waals surface area contributed by atoms with Crippen molar-refractivity contribution in [3.05, 3.63) is 47.9 Å². The molecule has 4 rings (SSSR count). The maximum Gasteiger partial charge on any atom is 0.273 e. The van der Waals surface area contributed by atoms with Gasteiger partial charge in [0.05, 0.1) is 6.04 Å². The maximum atomic E-state index is 12.4.